The second-order valence-corrected chi connectivity index (χ2v) is 16.5. The zero-order valence-electron chi connectivity index (χ0n) is 38.8. The van der Waals surface area contributed by atoms with E-state index < -0.39 is 55.4 Å². The van der Waals surface area contributed by atoms with Gasteiger partial charge in [-0.2, -0.15) is 0 Å². The molecule has 0 aromatic carbocycles. The standard InChI is InChI=1S/C52H88O10/c1-3-5-7-9-11-13-15-17-19-21-23-25-27-29-31-33-35-37-39-41-48(55)61-45(44-60-52-51(58)50(57)49(56)46(42-53)62-52)43-59-47(54)40-38-36-34-32-30-28-26-24-22-20-18-16-14-12-10-8-6-4-2/h5,7,11,13,17,19,23,25,29,31,35,37,45-46,49-53,56-58H,3-4,6,8-10,12,14-16,18,20-22,24,26-28,30,32-34,36,38-44H2,1-2H3/b7-5+,13-11+,19-17+,25-23+,31-29+,37-35+/t45-,46-,49+,50?,51?,52-/m0/s1. The largest absolute Gasteiger partial charge is 0.462 e. The highest BCUT2D eigenvalue weighted by Crippen LogP contribution is 2.22. The number of hydrogen-bond donors (Lipinski definition) is 4. The fourth-order valence-electron chi connectivity index (χ4n) is 7.04. The molecule has 6 atom stereocenters. The van der Waals surface area contributed by atoms with E-state index in [1.54, 1.807) is 0 Å². The zero-order chi connectivity index (χ0) is 45.1. The Morgan fingerprint density at radius 1 is 0.516 bits per heavy atom. The summed E-state index contributed by atoms with van der Waals surface area (Å²) in [5.74, 6) is -0.903. The van der Waals surface area contributed by atoms with Crippen LogP contribution in [0.5, 0.6) is 0 Å². The van der Waals surface area contributed by atoms with Crippen molar-refractivity contribution in [2.24, 2.45) is 0 Å². The van der Waals surface area contributed by atoms with Gasteiger partial charge in [-0.3, -0.25) is 9.59 Å². The number of allylic oxidation sites excluding steroid dienone is 12. The van der Waals surface area contributed by atoms with E-state index >= 15 is 0 Å². The average Bonchev–Trinajstić information content (AvgIpc) is 3.27. The van der Waals surface area contributed by atoms with Gasteiger partial charge in [0.15, 0.2) is 12.4 Å². The van der Waals surface area contributed by atoms with Crippen molar-refractivity contribution >= 4 is 11.9 Å². The highest BCUT2D eigenvalue weighted by atomic mass is 16.7. The lowest BCUT2D eigenvalue weighted by molar-refractivity contribution is -0.305. The van der Waals surface area contributed by atoms with Crippen LogP contribution in [0.1, 0.15) is 187 Å². The minimum absolute atomic E-state index is 0.103. The van der Waals surface area contributed by atoms with Gasteiger partial charge >= 0.3 is 11.9 Å². The zero-order valence-corrected chi connectivity index (χ0v) is 38.8. The molecule has 0 saturated carbocycles. The molecule has 0 aliphatic carbocycles. The van der Waals surface area contributed by atoms with Crippen molar-refractivity contribution in [1.82, 2.24) is 0 Å². The van der Waals surface area contributed by atoms with Crippen LogP contribution >= 0.6 is 0 Å². The Morgan fingerprint density at radius 2 is 0.952 bits per heavy atom. The van der Waals surface area contributed by atoms with Crippen molar-refractivity contribution in [3.05, 3.63) is 72.9 Å². The summed E-state index contributed by atoms with van der Waals surface area (Å²) >= 11 is 0. The van der Waals surface area contributed by atoms with Crippen LogP contribution in [0.3, 0.4) is 0 Å². The number of hydrogen-bond acceptors (Lipinski definition) is 10. The molecule has 1 rings (SSSR count). The first kappa shape index (κ1) is 57.2. The van der Waals surface area contributed by atoms with Crippen LogP contribution < -0.4 is 0 Å². The van der Waals surface area contributed by atoms with E-state index in [-0.39, 0.29) is 26.1 Å². The molecule has 1 heterocycles. The number of carbonyl (C=O) groups is 2. The third-order valence-corrected chi connectivity index (χ3v) is 10.9. The lowest BCUT2D eigenvalue weighted by atomic mass is 9.99. The number of ether oxygens (including phenoxy) is 4. The van der Waals surface area contributed by atoms with Crippen LogP contribution in [0, 0.1) is 0 Å². The molecule has 10 heteroatoms. The van der Waals surface area contributed by atoms with Crippen LogP contribution in [0.25, 0.3) is 0 Å². The minimum atomic E-state index is -1.61. The first-order valence-electron chi connectivity index (χ1n) is 24.5. The quantitative estimate of drug-likeness (QED) is 0.0266. The highest BCUT2D eigenvalue weighted by Gasteiger charge is 2.44. The maximum absolute atomic E-state index is 12.8. The van der Waals surface area contributed by atoms with E-state index in [0.29, 0.717) is 6.42 Å². The Morgan fingerprint density at radius 3 is 1.40 bits per heavy atom. The SMILES string of the molecule is CC/C=C/C/C=C/C/C=C/C/C=C/C/C=C/C/C=C/CCC(=O)O[C@@H](COC(=O)CCCCCCCCCCCCCCCCCCCC)CO[C@H]1O[C@@H](CO)[C@@H](O)C(O)C1O. The molecule has 356 valence electrons. The van der Waals surface area contributed by atoms with Gasteiger partial charge in [0.2, 0.25) is 0 Å². The maximum atomic E-state index is 12.8. The van der Waals surface area contributed by atoms with Crippen molar-refractivity contribution < 1.29 is 49.0 Å². The molecule has 0 bridgehead atoms. The first-order valence-corrected chi connectivity index (χ1v) is 24.5. The number of aliphatic hydroxyl groups is 4. The Labute approximate surface area is 376 Å². The fourth-order valence-corrected chi connectivity index (χ4v) is 7.04. The molecule has 10 nitrogen and oxygen atoms in total. The topological polar surface area (TPSA) is 152 Å². The summed E-state index contributed by atoms with van der Waals surface area (Å²) in [7, 11) is 0. The lowest BCUT2D eigenvalue weighted by Crippen LogP contribution is -2.59. The van der Waals surface area contributed by atoms with Crippen LogP contribution in [0.2, 0.25) is 0 Å². The average molecular weight is 873 g/mol. The maximum Gasteiger partial charge on any atom is 0.306 e. The number of esters is 2. The predicted octanol–water partition coefficient (Wildman–Crippen LogP) is 11.2. The van der Waals surface area contributed by atoms with Gasteiger partial charge in [-0.1, -0.05) is 196 Å². The van der Waals surface area contributed by atoms with Gasteiger partial charge in [-0.15, -0.1) is 0 Å². The van der Waals surface area contributed by atoms with Gasteiger partial charge in [0, 0.05) is 12.8 Å². The van der Waals surface area contributed by atoms with Gasteiger partial charge in [0.1, 0.15) is 31.0 Å². The smallest absolute Gasteiger partial charge is 0.306 e. The summed E-state index contributed by atoms with van der Waals surface area (Å²) in [5.41, 5.74) is 0. The molecule has 2 unspecified atom stereocenters. The van der Waals surface area contributed by atoms with E-state index in [1.807, 2.05) is 12.2 Å². The van der Waals surface area contributed by atoms with Crippen molar-refractivity contribution in [2.75, 3.05) is 19.8 Å². The van der Waals surface area contributed by atoms with Gasteiger partial charge in [-0.05, 0) is 51.4 Å². The Kier molecular flexibility index (Phi) is 38.8. The fraction of sp³-hybridized carbons (Fsp3) is 0.731. The second kappa shape index (κ2) is 42.1. The molecule has 0 radical (unpaired) electrons. The molecular weight excluding hydrogens is 785 g/mol. The van der Waals surface area contributed by atoms with Crippen molar-refractivity contribution in [3.8, 4) is 0 Å². The summed E-state index contributed by atoms with van der Waals surface area (Å²) in [6.07, 6.45) is 46.3. The molecule has 0 aromatic heterocycles. The van der Waals surface area contributed by atoms with E-state index in [2.05, 4.69) is 74.6 Å². The van der Waals surface area contributed by atoms with E-state index in [9.17, 15) is 30.0 Å². The summed E-state index contributed by atoms with van der Waals surface area (Å²) in [6.45, 7) is 3.25. The van der Waals surface area contributed by atoms with Crippen molar-refractivity contribution in [2.45, 2.75) is 224 Å². The number of unbranched alkanes of at least 4 members (excludes halogenated alkanes) is 17. The third kappa shape index (κ3) is 32.8. The molecule has 0 spiro atoms. The predicted molar refractivity (Wildman–Crippen MR) is 251 cm³/mol. The monoisotopic (exact) mass is 873 g/mol. The molecule has 4 N–H and O–H groups in total. The van der Waals surface area contributed by atoms with E-state index in [1.165, 1.54) is 96.3 Å². The summed E-state index contributed by atoms with van der Waals surface area (Å²) in [5, 5.41) is 40.1. The van der Waals surface area contributed by atoms with Crippen LogP contribution in [-0.4, -0.2) is 89.0 Å². The molecule has 0 aromatic rings. The Hall–Kier alpha value is -2.86. The molecule has 0 amide bonds. The minimum Gasteiger partial charge on any atom is -0.462 e. The van der Waals surface area contributed by atoms with Gasteiger partial charge in [-0.25, -0.2) is 0 Å². The molecule has 1 saturated heterocycles. The van der Waals surface area contributed by atoms with E-state index in [0.717, 1.165) is 57.8 Å². The summed E-state index contributed by atoms with van der Waals surface area (Å²) in [6, 6.07) is 0. The molecular formula is C52H88O10. The van der Waals surface area contributed by atoms with E-state index in [4.69, 9.17) is 18.9 Å². The Balaban J connectivity index is 2.34. The van der Waals surface area contributed by atoms with Crippen LogP contribution in [0.15, 0.2) is 72.9 Å². The molecule has 1 aliphatic rings. The normalized spacial score (nSPS) is 20.3. The molecule has 62 heavy (non-hydrogen) atoms. The number of aliphatic hydroxyl groups excluding tert-OH is 4. The summed E-state index contributed by atoms with van der Waals surface area (Å²) in [4.78, 5) is 25.4. The molecule has 1 fully saturated rings. The number of carbonyl (C=O) groups excluding carboxylic acids is 2. The van der Waals surface area contributed by atoms with Gasteiger partial charge in [0.05, 0.1) is 13.2 Å². The first-order chi connectivity index (χ1) is 30.3. The third-order valence-electron chi connectivity index (χ3n) is 10.9. The van der Waals surface area contributed by atoms with Crippen molar-refractivity contribution in [3.63, 3.8) is 0 Å². The summed E-state index contributed by atoms with van der Waals surface area (Å²) < 4.78 is 22.1. The molecule has 1 aliphatic heterocycles. The number of rotatable bonds is 40. The highest BCUT2D eigenvalue weighted by molar-refractivity contribution is 5.70. The van der Waals surface area contributed by atoms with Crippen LogP contribution in [0.4, 0.5) is 0 Å². The van der Waals surface area contributed by atoms with Gasteiger partial charge < -0.3 is 39.4 Å². The van der Waals surface area contributed by atoms with Crippen molar-refractivity contribution in [1.29, 1.82) is 0 Å². The lowest BCUT2D eigenvalue weighted by Gasteiger charge is -2.39. The van der Waals surface area contributed by atoms with Crippen LogP contribution in [-0.2, 0) is 28.5 Å². The van der Waals surface area contributed by atoms with Gasteiger partial charge in [0.25, 0.3) is 0 Å². The Bertz CT molecular complexity index is 1240. The second-order valence-electron chi connectivity index (χ2n) is 16.5.